The monoisotopic (exact) mass is 374 g/mol. The lowest BCUT2D eigenvalue weighted by molar-refractivity contribution is 0.405. The van der Waals surface area contributed by atoms with Gasteiger partial charge in [-0.3, -0.25) is 4.72 Å². The predicted molar refractivity (Wildman–Crippen MR) is 86.8 cm³/mol. The molecule has 10 heteroatoms. The van der Waals surface area contributed by atoms with E-state index in [1.807, 2.05) is 6.92 Å². The average Bonchev–Trinajstić information content (AvgIpc) is 3.19. The fourth-order valence-electron chi connectivity index (χ4n) is 2.49. The summed E-state index contributed by atoms with van der Waals surface area (Å²) in [5.41, 5.74) is 0.218. The van der Waals surface area contributed by atoms with Crippen LogP contribution in [0.1, 0.15) is 31.2 Å². The quantitative estimate of drug-likeness (QED) is 0.833. The number of anilines is 1. The van der Waals surface area contributed by atoms with E-state index in [1.54, 1.807) is 0 Å². The number of aromatic nitrogens is 2. The van der Waals surface area contributed by atoms with E-state index < -0.39 is 21.1 Å². The summed E-state index contributed by atoms with van der Waals surface area (Å²) in [5.74, 6) is 0.289. The lowest BCUT2D eigenvalue weighted by atomic mass is 10.2. The Kier molecular flexibility index (Phi) is 4.75. The molecule has 1 aromatic heterocycles. The van der Waals surface area contributed by atoms with Crippen LogP contribution in [0.4, 0.5) is 10.1 Å². The minimum Gasteiger partial charge on any atom is -0.424 e. The number of nitrogens with one attached hydrogen (secondary N) is 2. The zero-order chi connectivity index (χ0) is 17.3. The molecule has 1 saturated heterocycles. The van der Waals surface area contributed by atoms with Gasteiger partial charge in [-0.05, 0) is 24.6 Å². The van der Waals surface area contributed by atoms with Crippen molar-refractivity contribution in [1.29, 1.82) is 0 Å². The second-order valence-electron chi connectivity index (χ2n) is 5.48. The third kappa shape index (κ3) is 3.52. The predicted octanol–water partition coefficient (Wildman–Crippen LogP) is 2.27. The van der Waals surface area contributed by atoms with Crippen molar-refractivity contribution in [3.05, 3.63) is 40.8 Å². The molecule has 0 spiro atoms. The summed E-state index contributed by atoms with van der Waals surface area (Å²) in [6, 6.07) is 3.36. The maximum Gasteiger partial charge on any atom is 0.236 e. The van der Waals surface area contributed by atoms with Crippen LogP contribution in [-0.4, -0.2) is 30.4 Å². The van der Waals surface area contributed by atoms with Crippen LogP contribution in [0.2, 0.25) is 5.02 Å². The summed E-state index contributed by atoms with van der Waals surface area (Å²) in [6.07, 6.45) is 0.921. The molecule has 0 bridgehead atoms. The first-order valence-corrected chi connectivity index (χ1v) is 9.34. The molecule has 2 heterocycles. The topological polar surface area (TPSA) is 97.1 Å². The molecule has 24 heavy (non-hydrogen) atoms. The first-order chi connectivity index (χ1) is 11.4. The molecule has 1 aliphatic rings. The number of benzene rings is 1. The van der Waals surface area contributed by atoms with Gasteiger partial charge in [0.1, 0.15) is 5.82 Å². The zero-order valence-corrected chi connectivity index (χ0v) is 14.4. The molecule has 0 aliphatic carbocycles. The van der Waals surface area contributed by atoms with Gasteiger partial charge in [0.15, 0.2) is 0 Å². The van der Waals surface area contributed by atoms with Gasteiger partial charge in [0.05, 0.1) is 22.0 Å². The number of hydrogen-bond donors (Lipinski definition) is 2. The van der Waals surface area contributed by atoms with Gasteiger partial charge in [0, 0.05) is 13.0 Å². The van der Waals surface area contributed by atoms with Crippen molar-refractivity contribution in [1.82, 2.24) is 15.5 Å². The molecule has 2 aromatic rings. The third-order valence-corrected chi connectivity index (χ3v) is 5.84. The fourth-order valence-corrected chi connectivity index (χ4v) is 4.05. The molecular weight excluding hydrogens is 359 g/mol. The Bertz CT molecular complexity index is 842. The standard InChI is InChI=1S/C14H16ClFN4O3S/c1-2-13-18-19-14(23-13)12-6-9(7-17-12)24(21,22)20-8-3-4-11(16)10(15)5-8/h3-5,9,12,17,20H,2,6-7H2,1H3. The van der Waals surface area contributed by atoms with E-state index in [9.17, 15) is 12.8 Å². The Balaban J connectivity index is 1.70. The van der Waals surface area contributed by atoms with Crippen molar-refractivity contribution in [2.75, 3.05) is 11.3 Å². The van der Waals surface area contributed by atoms with E-state index in [0.717, 1.165) is 6.07 Å². The number of hydrogen-bond acceptors (Lipinski definition) is 6. The molecular formula is C14H16ClFN4O3S. The molecule has 2 unspecified atom stereocenters. The highest BCUT2D eigenvalue weighted by atomic mass is 35.5. The van der Waals surface area contributed by atoms with Gasteiger partial charge in [-0.1, -0.05) is 18.5 Å². The van der Waals surface area contributed by atoms with Crippen molar-refractivity contribution in [2.45, 2.75) is 31.1 Å². The first-order valence-electron chi connectivity index (χ1n) is 7.41. The summed E-state index contributed by atoms with van der Waals surface area (Å²) in [5, 5.41) is 10.1. The second-order valence-corrected chi connectivity index (χ2v) is 7.85. The zero-order valence-electron chi connectivity index (χ0n) is 12.8. The molecule has 0 amide bonds. The van der Waals surface area contributed by atoms with Crippen LogP contribution < -0.4 is 10.0 Å². The molecule has 0 radical (unpaired) electrons. The van der Waals surface area contributed by atoms with Crippen molar-refractivity contribution >= 4 is 27.3 Å². The first kappa shape index (κ1) is 17.1. The van der Waals surface area contributed by atoms with Gasteiger partial charge in [-0.2, -0.15) is 0 Å². The minimum atomic E-state index is -3.67. The number of halogens is 2. The SMILES string of the molecule is CCc1nnc(C2CC(S(=O)(=O)Nc3ccc(F)c(Cl)c3)CN2)o1. The minimum absolute atomic E-state index is 0.143. The summed E-state index contributed by atoms with van der Waals surface area (Å²) in [4.78, 5) is 0. The van der Waals surface area contributed by atoms with Gasteiger partial charge in [-0.25, -0.2) is 12.8 Å². The van der Waals surface area contributed by atoms with E-state index in [2.05, 4.69) is 20.2 Å². The normalized spacial score (nSPS) is 21.1. The van der Waals surface area contributed by atoms with Crippen LogP contribution in [0, 0.1) is 5.82 Å². The molecule has 130 valence electrons. The summed E-state index contributed by atoms with van der Waals surface area (Å²) < 4.78 is 46.0. The molecule has 2 N–H and O–H groups in total. The lowest BCUT2D eigenvalue weighted by Gasteiger charge is -2.13. The summed E-state index contributed by atoms with van der Waals surface area (Å²) in [7, 11) is -3.67. The number of sulfonamides is 1. The molecule has 0 saturated carbocycles. The molecule has 1 fully saturated rings. The Labute approximate surface area is 143 Å². The van der Waals surface area contributed by atoms with Crippen LogP contribution in [-0.2, 0) is 16.4 Å². The van der Waals surface area contributed by atoms with Gasteiger partial charge < -0.3 is 9.73 Å². The number of aryl methyl sites for hydroxylation is 1. The van der Waals surface area contributed by atoms with Crippen LogP contribution in [0.25, 0.3) is 0 Å². The Morgan fingerprint density at radius 1 is 1.46 bits per heavy atom. The van der Waals surface area contributed by atoms with E-state index >= 15 is 0 Å². The lowest BCUT2D eigenvalue weighted by Crippen LogP contribution is -2.29. The highest BCUT2D eigenvalue weighted by Gasteiger charge is 2.37. The van der Waals surface area contributed by atoms with E-state index in [1.165, 1.54) is 12.1 Å². The summed E-state index contributed by atoms with van der Waals surface area (Å²) >= 11 is 5.67. The van der Waals surface area contributed by atoms with Gasteiger partial charge in [-0.15, -0.1) is 10.2 Å². The Hall–Kier alpha value is -1.71. The number of nitrogens with zero attached hydrogens (tertiary/aromatic N) is 2. The van der Waals surface area contributed by atoms with Crippen molar-refractivity contribution in [3.63, 3.8) is 0 Å². The Morgan fingerprint density at radius 2 is 2.25 bits per heavy atom. The van der Waals surface area contributed by atoms with Crippen LogP contribution in [0.15, 0.2) is 22.6 Å². The van der Waals surface area contributed by atoms with Crippen molar-refractivity contribution < 1.29 is 17.2 Å². The second kappa shape index (κ2) is 6.66. The van der Waals surface area contributed by atoms with Crippen LogP contribution >= 0.6 is 11.6 Å². The fraction of sp³-hybridized carbons (Fsp3) is 0.429. The van der Waals surface area contributed by atoms with E-state index in [0.29, 0.717) is 24.6 Å². The highest BCUT2D eigenvalue weighted by molar-refractivity contribution is 7.93. The van der Waals surface area contributed by atoms with E-state index in [-0.39, 0.29) is 23.3 Å². The Morgan fingerprint density at radius 3 is 2.92 bits per heavy atom. The molecule has 1 aliphatic heterocycles. The van der Waals surface area contributed by atoms with Crippen molar-refractivity contribution in [3.8, 4) is 0 Å². The molecule has 3 rings (SSSR count). The smallest absolute Gasteiger partial charge is 0.236 e. The van der Waals surface area contributed by atoms with Crippen LogP contribution in [0.3, 0.4) is 0 Å². The highest BCUT2D eigenvalue weighted by Crippen LogP contribution is 2.28. The molecule has 1 aromatic carbocycles. The maximum absolute atomic E-state index is 13.2. The van der Waals surface area contributed by atoms with Gasteiger partial charge in [0.25, 0.3) is 0 Å². The number of rotatable bonds is 5. The average molecular weight is 375 g/mol. The molecule has 2 atom stereocenters. The van der Waals surface area contributed by atoms with Crippen molar-refractivity contribution in [2.24, 2.45) is 0 Å². The molecule has 7 nitrogen and oxygen atoms in total. The van der Waals surface area contributed by atoms with Gasteiger partial charge in [0.2, 0.25) is 21.8 Å². The maximum atomic E-state index is 13.2. The van der Waals surface area contributed by atoms with E-state index in [4.69, 9.17) is 16.0 Å². The third-order valence-electron chi connectivity index (χ3n) is 3.79. The van der Waals surface area contributed by atoms with Gasteiger partial charge >= 0.3 is 0 Å². The summed E-state index contributed by atoms with van der Waals surface area (Å²) in [6.45, 7) is 2.14. The van der Waals surface area contributed by atoms with Crippen LogP contribution in [0.5, 0.6) is 0 Å². The largest absolute Gasteiger partial charge is 0.424 e.